The van der Waals surface area contributed by atoms with Crippen LogP contribution in [0.1, 0.15) is 51.6 Å². The first kappa shape index (κ1) is 14.8. The van der Waals surface area contributed by atoms with Gasteiger partial charge in [0.1, 0.15) is 0 Å². The fraction of sp³-hybridized carbons (Fsp3) is 0.421. The fourth-order valence-corrected chi connectivity index (χ4v) is 2.44. The van der Waals surface area contributed by atoms with Gasteiger partial charge in [-0.05, 0) is 29.5 Å². The van der Waals surface area contributed by atoms with E-state index in [9.17, 15) is 0 Å². The van der Waals surface area contributed by atoms with Gasteiger partial charge in [-0.15, -0.1) is 0 Å². The Kier molecular flexibility index (Phi) is 3.99. The molecule has 0 aliphatic carbocycles. The topological polar surface area (TPSA) is 12.9 Å². The van der Waals surface area contributed by atoms with E-state index in [-0.39, 0.29) is 10.8 Å². The van der Waals surface area contributed by atoms with Gasteiger partial charge in [0, 0.05) is 16.8 Å². The number of aromatic nitrogens is 1. The number of benzene rings is 1. The van der Waals surface area contributed by atoms with Crippen molar-refractivity contribution in [2.75, 3.05) is 0 Å². The molecule has 0 aliphatic heterocycles. The highest BCUT2D eigenvalue weighted by atomic mass is 14.7. The lowest BCUT2D eigenvalue weighted by Crippen LogP contribution is -2.22. The van der Waals surface area contributed by atoms with Crippen molar-refractivity contribution < 1.29 is 0 Å². The molecule has 0 amide bonds. The second-order valence-corrected chi connectivity index (χ2v) is 7.19. The molecule has 2 aromatic rings. The van der Waals surface area contributed by atoms with Crippen molar-refractivity contribution in [2.45, 2.75) is 51.9 Å². The zero-order chi connectivity index (χ0) is 14.8. The molecule has 1 heteroatoms. The van der Waals surface area contributed by atoms with E-state index in [0.29, 0.717) is 0 Å². The van der Waals surface area contributed by atoms with Gasteiger partial charge in [-0.25, -0.2) is 0 Å². The standard InChI is InChI=1S/C19H25N/c1-18(2,3)17-13-9-12-16(20-17)14-19(4,5)15-10-7-6-8-11-15/h6-13H,14H2,1-5H3. The lowest BCUT2D eigenvalue weighted by molar-refractivity contribution is 0.506. The molecule has 0 unspecified atom stereocenters. The summed E-state index contributed by atoms with van der Waals surface area (Å²) in [5.41, 5.74) is 3.91. The Hall–Kier alpha value is -1.63. The molecule has 0 saturated heterocycles. The van der Waals surface area contributed by atoms with Crippen molar-refractivity contribution in [1.29, 1.82) is 0 Å². The molecule has 0 fully saturated rings. The lowest BCUT2D eigenvalue weighted by atomic mass is 9.80. The summed E-state index contributed by atoms with van der Waals surface area (Å²) in [6.45, 7) is 11.2. The molecule has 0 radical (unpaired) electrons. The van der Waals surface area contributed by atoms with Crippen LogP contribution in [0.4, 0.5) is 0 Å². The van der Waals surface area contributed by atoms with Crippen molar-refractivity contribution in [2.24, 2.45) is 0 Å². The fourth-order valence-electron chi connectivity index (χ4n) is 2.44. The van der Waals surface area contributed by atoms with Crippen LogP contribution in [0.2, 0.25) is 0 Å². The quantitative estimate of drug-likeness (QED) is 0.771. The van der Waals surface area contributed by atoms with Gasteiger partial charge in [-0.2, -0.15) is 0 Å². The maximum atomic E-state index is 4.85. The zero-order valence-corrected chi connectivity index (χ0v) is 13.3. The summed E-state index contributed by atoms with van der Waals surface area (Å²) in [6, 6.07) is 17.1. The van der Waals surface area contributed by atoms with Crippen LogP contribution in [-0.2, 0) is 17.3 Å². The first-order valence-corrected chi connectivity index (χ1v) is 7.31. The van der Waals surface area contributed by atoms with Crippen molar-refractivity contribution in [1.82, 2.24) is 4.98 Å². The predicted molar refractivity (Wildman–Crippen MR) is 86.1 cm³/mol. The van der Waals surface area contributed by atoms with Crippen LogP contribution in [0.25, 0.3) is 0 Å². The Morgan fingerprint density at radius 3 is 2.05 bits per heavy atom. The van der Waals surface area contributed by atoms with Crippen LogP contribution in [0.5, 0.6) is 0 Å². The first-order chi connectivity index (χ1) is 9.29. The molecule has 0 aliphatic rings. The normalized spacial score (nSPS) is 12.4. The molecule has 0 N–H and O–H groups in total. The summed E-state index contributed by atoms with van der Waals surface area (Å²) in [5, 5.41) is 0. The highest BCUT2D eigenvalue weighted by Crippen LogP contribution is 2.28. The minimum atomic E-state index is 0.102. The van der Waals surface area contributed by atoms with Gasteiger partial charge in [-0.3, -0.25) is 4.98 Å². The van der Waals surface area contributed by atoms with Gasteiger partial charge in [0.15, 0.2) is 0 Å². The van der Waals surface area contributed by atoms with Gasteiger partial charge in [0.2, 0.25) is 0 Å². The molecule has 0 spiro atoms. The third kappa shape index (κ3) is 3.47. The molecule has 0 saturated carbocycles. The predicted octanol–water partition coefficient (Wildman–Crippen LogP) is 4.90. The third-order valence-corrected chi connectivity index (χ3v) is 3.75. The Labute approximate surface area is 123 Å². The van der Waals surface area contributed by atoms with E-state index in [4.69, 9.17) is 4.98 Å². The number of hydrogen-bond donors (Lipinski definition) is 0. The molecule has 1 heterocycles. The van der Waals surface area contributed by atoms with Crippen LogP contribution in [0.15, 0.2) is 48.5 Å². The van der Waals surface area contributed by atoms with E-state index in [0.717, 1.165) is 6.42 Å². The Bertz CT molecular complexity index is 562. The number of nitrogens with zero attached hydrogens (tertiary/aromatic N) is 1. The van der Waals surface area contributed by atoms with Crippen LogP contribution in [-0.4, -0.2) is 4.98 Å². The second kappa shape index (κ2) is 5.40. The van der Waals surface area contributed by atoms with Gasteiger partial charge in [0.25, 0.3) is 0 Å². The summed E-state index contributed by atoms with van der Waals surface area (Å²) in [4.78, 5) is 4.85. The van der Waals surface area contributed by atoms with Crippen LogP contribution < -0.4 is 0 Å². The molecule has 0 atom stereocenters. The largest absolute Gasteiger partial charge is 0.257 e. The smallest absolute Gasteiger partial charge is 0.0460 e. The van der Waals surface area contributed by atoms with E-state index in [2.05, 4.69) is 83.1 Å². The SMILES string of the molecule is CC(C)(C)c1cccc(CC(C)(C)c2ccccc2)n1. The maximum Gasteiger partial charge on any atom is 0.0460 e. The molecule has 106 valence electrons. The van der Waals surface area contributed by atoms with Gasteiger partial charge < -0.3 is 0 Å². The Morgan fingerprint density at radius 1 is 0.800 bits per heavy atom. The van der Waals surface area contributed by atoms with Gasteiger partial charge >= 0.3 is 0 Å². The summed E-state index contributed by atoms with van der Waals surface area (Å²) >= 11 is 0. The molecular formula is C19H25N. The molecular weight excluding hydrogens is 242 g/mol. The molecule has 20 heavy (non-hydrogen) atoms. The summed E-state index contributed by atoms with van der Waals surface area (Å²) in [6.07, 6.45) is 0.959. The van der Waals surface area contributed by atoms with E-state index >= 15 is 0 Å². The first-order valence-electron chi connectivity index (χ1n) is 7.31. The minimum Gasteiger partial charge on any atom is -0.257 e. The summed E-state index contributed by atoms with van der Waals surface area (Å²) in [5.74, 6) is 0. The number of hydrogen-bond acceptors (Lipinski definition) is 1. The second-order valence-electron chi connectivity index (χ2n) is 7.19. The average Bonchev–Trinajstić information content (AvgIpc) is 2.38. The van der Waals surface area contributed by atoms with Crippen LogP contribution in [0, 0.1) is 0 Å². The Balaban J connectivity index is 2.26. The van der Waals surface area contributed by atoms with Crippen molar-refractivity contribution in [3.05, 3.63) is 65.5 Å². The molecule has 1 aromatic carbocycles. The van der Waals surface area contributed by atoms with Gasteiger partial charge in [0.05, 0.1) is 0 Å². The van der Waals surface area contributed by atoms with Crippen molar-refractivity contribution in [3.63, 3.8) is 0 Å². The van der Waals surface area contributed by atoms with E-state index in [1.54, 1.807) is 0 Å². The van der Waals surface area contributed by atoms with Crippen LogP contribution in [0.3, 0.4) is 0 Å². The van der Waals surface area contributed by atoms with Crippen molar-refractivity contribution >= 4 is 0 Å². The van der Waals surface area contributed by atoms with E-state index in [1.807, 2.05) is 0 Å². The summed E-state index contributed by atoms with van der Waals surface area (Å²) < 4.78 is 0. The highest BCUT2D eigenvalue weighted by Gasteiger charge is 2.22. The molecule has 1 aromatic heterocycles. The maximum absolute atomic E-state index is 4.85. The van der Waals surface area contributed by atoms with E-state index < -0.39 is 0 Å². The van der Waals surface area contributed by atoms with E-state index in [1.165, 1.54) is 17.0 Å². The summed E-state index contributed by atoms with van der Waals surface area (Å²) in [7, 11) is 0. The number of rotatable bonds is 3. The monoisotopic (exact) mass is 267 g/mol. The van der Waals surface area contributed by atoms with Crippen molar-refractivity contribution in [3.8, 4) is 0 Å². The molecule has 0 bridgehead atoms. The molecule has 1 nitrogen and oxygen atoms in total. The average molecular weight is 267 g/mol. The molecule has 2 rings (SSSR count). The van der Waals surface area contributed by atoms with Gasteiger partial charge in [-0.1, -0.05) is 71.0 Å². The number of pyridine rings is 1. The zero-order valence-electron chi connectivity index (χ0n) is 13.3. The van der Waals surface area contributed by atoms with Crippen LogP contribution >= 0.6 is 0 Å². The minimum absolute atomic E-state index is 0.102. The highest BCUT2D eigenvalue weighted by molar-refractivity contribution is 5.27. The lowest BCUT2D eigenvalue weighted by Gasteiger charge is -2.26. The Morgan fingerprint density at radius 2 is 1.45 bits per heavy atom. The third-order valence-electron chi connectivity index (χ3n) is 3.75.